The van der Waals surface area contributed by atoms with Crippen LogP contribution < -0.4 is 5.32 Å². The lowest BCUT2D eigenvalue weighted by Crippen LogP contribution is -2.27. The van der Waals surface area contributed by atoms with Gasteiger partial charge in [0.25, 0.3) is 0 Å². The molecule has 1 amide bonds. The Labute approximate surface area is 160 Å². The van der Waals surface area contributed by atoms with E-state index in [1.165, 1.54) is 23.5 Å². The summed E-state index contributed by atoms with van der Waals surface area (Å²) in [4.78, 5) is 24.9. The van der Waals surface area contributed by atoms with E-state index in [4.69, 9.17) is 0 Å². The number of rotatable bonds is 7. The first-order valence-corrected chi connectivity index (χ1v) is 9.50. The van der Waals surface area contributed by atoms with Gasteiger partial charge in [-0.3, -0.25) is 9.59 Å². The first-order valence-electron chi connectivity index (χ1n) is 8.62. The van der Waals surface area contributed by atoms with Gasteiger partial charge in [0, 0.05) is 24.1 Å². The maximum Gasteiger partial charge on any atom is 0.220 e. The van der Waals surface area contributed by atoms with Crippen molar-refractivity contribution in [3.63, 3.8) is 0 Å². The fourth-order valence-electron chi connectivity index (χ4n) is 2.87. The summed E-state index contributed by atoms with van der Waals surface area (Å²) in [6.07, 6.45) is 2.03. The number of carbonyl (C=O) groups excluding carboxylic acids is 2. The number of thiophene rings is 1. The van der Waals surface area contributed by atoms with Crippen LogP contribution in [0, 0.1) is 12.7 Å². The van der Waals surface area contributed by atoms with Gasteiger partial charge in [0.2, 0.25) is 5.91 Å². The molecule has 0 spiro atoms. The smallest absolute Gasteiger partial charge is 0.220 e. The zero-order valence-corrected chi connectivity index (χ0v) is 15.9. The van der Waals surface area contributed by atoms with Crippen LogP contribution in [0.1, 0.15) is 46.7 Å². The minimum atomic E-state index is -0.304. The average Bonchev–Trinajstić information content (AvgIpc) is 3.30. The van der Waals surface area contributed by atoms with Crippen molar-refractivity contribution in [3.8, 4) is 5.69 Å². The number of hydrogen-bond donors (Lipinski definition) is 1. The minimum absolute atomic E-state index is 0.0203. The third-order valence-electron chi connectivity index (χ3n) is 4.34. The molecule has 1 atom stereocenters. The lowest BCUT2D eigenvalue weighted by molar-refractivity contribution is -0.121. The molecule has 0 aliphatic rings. The summed E-state index contributed by atoms with van der Waals surface area (Å²) >= 11 is 1.38. The number of nitrogens with zero attached hydrogens (tertiary/aromatic N) is 2. The predicted molar refractivity (Wildman–Crippen MR) is 103 cm³/mol. The van der Waals surface area contributed by atoms with E-state index < -0.39 is 0 Å². The molecule has 2 aromatic heterocycles. The van der Waals surface area contributed by atoms with E-state index in [0.29, 0.717) is 4.88 Å². The van der Waals surface area contributed by atoms with Crippen LogP contribution in [0.15, 0.2) is 48.0 Å². The molecule has 0 bridgehead atoms. The fourth-order valence-corrected chi connectivity index (χ4v) is 3.56. The summed E-state index contributed by atoms with van der Waals surface area (Å²) < 4.78 is 14.8. The number of benzene rings is 1. The fraction of sp³-hybridized carbons (Fsp3) is 0.250. The van der Waals surface area contributed by atoms with Gasteiger partial charge in [0.15, 0.2) is 5.78 Å². The SMILES string of the molecule is Cc1c(C(C)NC(=O)CCC(=O)c2cccs2)cnn1-c1ccc(F)cc1. The zero-order chi connectivity index (χ0) is 19.4. The predicted octanol–water partition coefficient (Wildman–Crippen LogP) is 4.22. The van der Waals surface area contributed by atoms with Crippen LogP contribution in [0.4, 0.5) is 4.39 Å². The Morgan fingerprint density at radius 2 is 1.96 bits per heavy atom. The molecule has 0 saturated carbocycles. The molecule has 27 heavy (non-hydrogen) atoms. The Bertz CT molecular complexity index is 933. The lowest BCUT2D eigenvalue weighted by atomic mass is 10.1. The molecule has 0 fully saturated rings. The van der Waals surface area contributed by atoms with Crippen molar-refractivity contribution in [1.29, 1.82) is 0 Å². The summed E-state index contributed by atoms with van der Waals surface area (Å²) in [6, 6.07) is 9.40. The number of Topliss-reactive ketones (excluding diaryl/α,β-unsaturated/α-hetero) is 1. The molecule has 0 aliphatic heterocycles. The second-order valence-corrected chi connectivity index (χ2v) is 7.21. The van der Waals surface area contributed by atoms with E-state index in [-0.39, 0.29) is 36.4 Å². The molecule has 1 aromatic carbocycles. The number of nitrogens with one attached hydrogen (secondary N) is 1. The van der Waals surface area contributed by atoms with Gasteiger partial charge in [-0.2, -0.15) is 5.10 Å². The summed E-state index contributed by atoms with van der Waals surface area (Å²) in [7, 11) is 0. The molecule has 3 aromatic rings. The second-order valence-electron chi connectivity index (χ2n) is 6.26. The number of carbonyl (C=O) groups is 2. The van der Waals surface area contributed by atoms with E-state index in [9.17, 15) is 14.0 Å². The summed E-state index contributed by atoms with van der Waals surface area (Å²) in [6.45, 7) is 3.77. The van der Waals surface area contributed by atoms with Crippen LogP contribution >= 0.6 is 11.3 Å². The van der Waals surface area contributed by atoms with E-state index in [1.54, 1.807) is 29.1 Å². The molecule has 1 N–H and O–H groups in total. The van der Waals surface area contributed by atoms with Crippen molar-refractivity contribution in [2.75, 3.05) is 0 Å². The standard InChI is InChI=1S/C20H20FN3O2S/c1-13(23-20(26)10-9-18(25)19-4-3-11-27-19)17-12-22-24(14(17)2)16-7-5-15(21)6-8-16/h3-8,11-13H,9-10H2,1-2H3,(H,23,26). The van der Waals surface area contributed by atoms with Crippen LogP contribution in [-0.2, 0) is 4.79 Å². The molecule has 5 nitrogen and oxygen atoms in total. The van der Waals surface area contributed by atoms with Crippen LogP contribution in [0.3, 0.4) is 0 Å². The van der Waals surface area contributed by atoms with Gasteiger partial charge >= 0.3 is 0 Å². The first-order chi connectivity index (χ1) is 13.0. The van der Waals surface area contributed by atoms with Crippen molar-refractivity contribution in [2.45, 2.75) is 32.7 Å². The van der Waals surface area contributed by atoms with Crippen LogP contribution in [-0.4, -0.2) is 21.5 Å². The largest absolute Gasteiger partial charge is 0.349 e. The monoisotopic (exact) mass is 385 g/mol. The molecular formula is C20H20FN3O2S. The molecule has 1 unspecified atom stereocenters. The molecule has 2 heterocycles. The third kappa shape index (κ3) is 4.49. The Morgan fingerprint density at radius 1 is 1.22 bits per heavy atom. The molecule has 140 valence electrons. The third-order valence-corrected chi connectivity index (χ3v) is 5.25. The Hall–Kier alpha value is -2.80. The Kier molecular flexibility index (Phi) is 5.81. The van der Waals surface area contributed by atoms with Crippen LogP contribution in [0.5, 0.6) is 0 Å². The van der Waals surface area contributed by atoms with Gasteiger partial charge in [0.1, 0.15) is 5.82 Å². The lowest BCUT2D eigenvalue weighted by Gasteiger charge is -2.14. The van der Waals surface area contributed by atoms with Crippen LogP contribution in [0.25, 0.3) is 5.69 Å². The van der Waals surface area contributed by atoms with Crippen molar-refractivity contribution >= 4 is 23.0 Å². The van der Waals surface area contributed by atoms with Crippen molar-refractivity contribution in [3.05, 3.63) is 69.9 Å². The van der Waals surface area contributed by atoms with E-state index in [2.05, 4.69) is 10.4 Å². The zero-order valence-electron chi connectivity index (χ0n) is 15.1. The minimum Gasteiger partial charge on any atom is -0.349 e. The number of aromatic nitrogens is 2. The molecule has 0 saturated heterocycles. The Morgan fingerprint density at radius 3 is 2.63 bits per heavy atom. The number of hydrogen-bond acceptors (Lipinski definition) is 4. The first kappa shape index (κ1) is 19.0. The summed E-state index contributed by atoms with van der Waals surface area (Å²) in [5.74, 6) is -0.504. The van der Waals surface area contributed by atoms with Crippen molar-refractivity contribution in [1.82, 2.24) is 15.1 Å². The van der Waals surface area contributed by atoms with Gasteiger partial charge in [-0.1, -0.05) is 6.07 Å². The second kappa shape index (κ2) is 8.26. The maximum absolute atomic E-state index is 13.1. The molecule has 0 radical (unpaired) electrons. The highest BCUT2D eigenvalue weighted by atomic mass is 32.1. The van der Waals surface area contributed by atoms with Gasteiger partial charge < -0.3 is 5.32 Å². The topological polar surface area (TPSA) is 64.0 Å². The van der Waals surface area contributed by atoms with E-state index in [0.717, 1.165) is 16.9 Å². The van der Waals surface area contributed by atoms with Gasteiger partial charge in [0.05, 0.1) is 22.8 Å². The maximum atomic E-state index is 13.1. The average molecular weight is 385 g/mol. The highest BCUT2D eigenvalue weighted by Crippen LogP contribution is 2.21. The molecule has 3 rings (SSSR count). The number of ketones is 1. The highest BCUT2D eigenvalue weighted by molar-refractivity contribution is 7.12. The van der Waals surface area contributed by atoms with E-state index >= 15 is 0 Å². The number of amides is 1. The van der Waals surface area contributed by atoms with Gasteiger partial charge in [-0.05, 0) is 49.6 Å². The normalized spacial score (nSPS) is 12.0. The molecule has 0 aliphatic carbocycles. The quantitative estimate of drug-likeness (QED) is 0.619. The molecular weight excluding hydrogens is 365 g/mol. The van der Waals surface area contributed by atoms with Crippen molar-refractivity contribution in [2.24, 2.45) is 0 Å². The summed E-state index contributed by atoms with van der Waals surface area (Å²) in [5, 5.41) is 9.10. The Balaban J connectivity index is 1.61. The summed E-state index contributed by atoms with van der Waals surface area (Å²) in [5.41, 5.74) is 2.49. The molecule has 7 heteroatoms. The van der Waals surface area contributed by atoms with E-state index in [1.807, 2.05) is 25.3 Å². The van der Waals surface area contributed by atoms with Crippen LogP contribution in [0.2, 0.25) is 0 Å². The highest BCUT2D eigenvalue weighted by Gasteiger charge is 2.17. The van der Waals surface area contributed by atoms with Gasteiger partial charge in [-0.25, -0.2) is 9.07 Å². The van der Waals surface area contributed by atoms with Gasteiger partial charge in [-0.15, -0.1) is 11.3 Å². The number of halogens is 1. The van der Waals surface area contributed by atoms with Crippen molar-refractivity contribution < 1.29 is 14.0 Å².